The molecule has 0 radical (unpaired) electrons. The first-order chi connectivity index (χ1) is 9.15. The monoisotopic (exact) mass is 256 g/mol. The van der Waals surface area contributed by atoms with Crippen LogP contribution in [0.4, 0.5) is 5.95 Å². The van der Waals surface area contributed by atoms with Crippen molar-refractivity contribution in [2.45, 2.75) is 13.8 Å². The third-order valence-corrected chi connectivity index (χ3v) is 2.80. The largest absolute Gasteiger partial charge is 0.295 e. The maximum Gasteiger partial charge on any atom is 0.276 e. The van der Waals surface area contributed by atoms with Crippen molar-refractivity contribution in [2.75, 3.05) is 5.32 Å². The van der Waals surface area contributed by atoms with Crippen LogP contribution in [0.3, 0.4) is 0 Å². The van der Waals surface area contributed by atoms with Gasteiger partial charge in [0.25, 0.3) is 5.91 Å². The lowest BCUT2D eigenvalue weighted by molar-refractivity contribution is 0.102. The van der Waals surface area contributed by atoms with Crippen LogP contribution in [-0.4, -0.2) is 30.5 Å². The molecule has 0 aliphatic rings. The number of aromatic amines is 1. The molecule has 3 aromatic rings. The first-order valence-electron chi connectivity index (χ1n) is 5.77. The van der Waals surface area contributed by atoms with Gasteiger partial charge in [0.05, 0.1) is 5.69 Å². The van der Waals surface area contributed by atoms with E-state index in [4.69, 9.17) is 0 Å². The molecule has 0 fully saturated rings. The van der Waals surface area contributed by atoms with Crippen molar-refractivity contribution in [3.05, 3.63) is 41.6 Å². The lowest BCUT2D eigenvalue weighted by Gasteiger charge is -2.03. The number of H-pyrrole nitrogens is 1. The minimum absolute atomic E-state index is 0.271. The third-order valence-electron chi connectivity index (χ3n) is 2.80. The van der Waals surface area contributed by atoms with E-state index in [0.717, 1.165) is 11.2 Å². The number of carbonyl (C=O) groups is 1. The summed E-state index contributed by atoms with van der Waals surface area (Å²) in [4.78, 5) is 20.5. The highest BCUT2D eigenvalue weighted by atomic mass is 16.2. The van der Waals surface area contributed by atoms with Gasteiger partial charge < -0.3 is 0 Å². The quantitative estimate of drug-likeness (QED) is 0.723. The van der Waals surface area contributed by atoms with E-state index in [-0.39, 0.29) is 5.91 Å². The molecule has 0 aliphatic carbocycles. The van der Waals surface area contributed by atoms with Crippen molar-refractivity contribution < 1.29 is 4.79 Å². The van der Waals surface area contributed by atoms with Crippen molar-refractivity contribution in [3.8, 4) is 0 Å². The molecule has 7 nitrogen and oxygen atoms in total. The second-order valence-corrected chi connectivity index (χ2v) is 4.27. The normalized spacial score (nSPS) is 10.8. The average Bonchev–Trinajstić information content (AvgIpc) is 2.95. The molecule has 0 atom stereocenters. The Bertz CT molecular complexity index is 743. The highest BCUT2D eigenvalue weighted by Gasteiger charge is 2.17. The summed E-state index contributed by atoms with van der Waals surface area (Å²) in [5.41, 5.74) is 2.96. The van der Waals surface area contributed by atoms with E-state index in [9.17, 15) is 4.79 Å². The third kappa shape index (κ3) is 1.95. The fraction of sp³-hybridized carbons (Fsp3) is 0.167. The van der Waals surface area contributed by atoms with Crippen molar-refractivity contribution in [1.82, 2.24) is 24.6 Å². The van der Waals surface area contributed by atoms with Crippen molar-refractivity contribution in [1.29, 1.82) is 0 Å². The van der Waals surface area contributed by atoms with Crippen LogP contribution in [0.2, 0.25) is 0 Å². The number of anilines is 1. The van der Waals surface area contributed by atoms with Crippen LogP contribution in [0.5, 0.6) is 0 Å². The minimum Gasteiger partial charge on any atom is -0.295 e. The Balaban J connectivity index is 2.06. The molecular formula is C12H12N6O. The molecule has 3 rings (SSSR count). The number of hydrogen-bond acceptors (Lipinski definition) is 4. The topological polar surface area (TPSA) is 88.0 Å². The fourth-order valence-electron chi connectivity index (χ4n) is 1.97. The number of nitrogens with one attached hydrogen (secondary N) is 2. The molecule has 3 heterocycles. The Hall–Kier alpha value is -2.70. The van der Waals surface area contributed by atoms with Crippen LogP contribution in [0.1, 0.15) is 21.7 Å². The molecule has 0 bridgehead atoms. The Labute approximate surface area is 108 Å². The van der Waals surface area contributed by atoms with E-state index in [1.165, 1.54) is 6.33 Å². The summed E-state index contributed by atoms with van der Waals surface area (Å²) in [6.45, 7) is 3.77. The van der Waals surface area contributed by atoms with Crippen LogP contribution in [0.15, 0.2) is 24.7 Å². The van der Waals surface area contributed by atoms with E-state index in [1.807, 2.05) is 25.3 Å². The smallest absolute Gasteiger partial charge is 0.276 e. The van der Waals surface area contributed by atoms with Crippen LogP contribution in [-0.2, 0) is 0 Å². The zero-order chi connectivity index (χ0) is 13.4. The van der Waals surface area contributed by atoms with Gasteiger partial charge in [-0.2, -0.15) is 10.1 Å². The predicted octanol–water partition coefficient (Wildman–Crippen LogP) is 1.32. The molecular weight excluding hydrogens is 244 g/mol. The molecule has 0 aliphatic heterocycles. The Morgan fingerprint density at radius 3 is 2.95 bits per heavy atom. The summed E-state index contributed by atoms with van der Waals surface area (Å²) in [6, 6.07) is 3.84. The number of aromatic nitrogens is 5. The second kappa shape index (κ2) is 4.20. The number of aryl methyl sites for hydroxylation is 2. The summed E-state index contributed by atoms with van der Waals surface area (Å²) < 4.78 is 1.77. The fourth-order valence-corrected chi connectivity index (χ4v) is 1.97. The van der Waals surface area contributed by atoms with Gasteiger partial charge in [0.1, 0.15) is 17.7 Å². The molecule has 7 heteroatoms. The van der Waals surface area contributed by atoms with Crippen molar-refractivity contribution in [3.63, 3.8) is 0 Å². The number of fused-ring (bicyclic) bond motifs is 1. The van der Waals surface area contributed by atoms with Crippen LogP contribution in [0.25, 0.3) is 5.65 Å². The lowest BCUT2D eigenvalue weighted by Crippen LogP contribution is -2.16. The van der Waals surface area contributed by atoms with Crippen LogP contribution >= 0.6 is 0 Å². The Morgan fingerprint density at radius 2 is 2.21 bits per heavy atom. The molecule has 0 saturated heterocycles. The highest BCUT2D eigenvalue weighted by molar-refractivity contribution is 6.03. The van der Waals surface area contributed by atoms with E-state index in [2.05, 4.69) is 25.5 Å². The number of amides is 1. The number of imidazole rings is 1. The molecule has 0 saturated carbocycles. The number of rotatable bonds is 2. The van der Waals surface area contributed by atoms with Crippen LogP contribution < -0.4 is 5.32 Å². The van der Waals surface area contributed by atoms with Gasteiger partial charge in [-0.3, -0.25) is 14.5 Å². The number of nitrogens with zero attached hydrogens (tertiary/aromatic N) is 4. The van der Waals surface area contributed by atoms with E-state index >= 15 is 0 Å². The van der Waals surface area contributed by atoms with Crippen LogP contribution in [0, 0.1) is 13.8 Å². The lowest BCUT2D eigenvalue weighted by atomic mass is 10.3. The average molecular weight is 256 g/mol. The first-order valence-corrected chi connectivity index (χ1v) is 5.77. The zero-order valence-corrected chi connectivity index (χ0v) is 10.5. The molecule has 1 amide bonds. The molecule has 19 heavy (non-hydrogen) atoms. The predicted molar refractivity (Wildman–Crippen MR) is 69.0 cm³/mol. The zero-order valence-electron chi connectivity index (χ0n) is 10.5. The molecule has 0 aromatic carbocycles. The molecule has 96 valence electrons. The van der Waals surface area contributed by atoms with Gasteiger partial charge in [-0.25, -0.2) is 10.1 Å². The number of carbonyl (C=O) groups excluding carboxylic acids is 1. The second-order valence-electron chi connectivity index (χ2n) is 4.27. The minimum atomic E-state index is -0.271. The highest BCUT2D eigenvalue weighted by Crippen LogP contribution is 2.14. The first kappa shape index (κ1) is 11.4. The molecule has 0 spiro atoms. The van der Waals surface area contributed by atoms with E-state index in [1.54, 1.807) is 11.3 Å². The number of pyridine rings is 1. The summed E-state index contributed by atoms with van der Waals surface area (Å²) in [7, 11) is 0. The summed E-state index contributed by atoms with van der Waals surface area (Å²) in [6.07, 6.45) is 3.21. The van der Waals surface area contributed by atoms with Gasteiger partial charge in [0.2, 0.25) is 5.95 Å². The maximum absolute atomic E-state index is 12.3. The van der Waals surface area contributed by atoms with Gasteiger partial charge in [-0.15, -0.1) is 0 Å². The Kier molecular flexibility index (Phi) is 2.52. The van der Waals surface area contributed by atoms with Gasteiger partial charge in [0.15, 0.2) is 0 Å². The standard InChI is InChI=1S/C12H12N6O/c1-7-3-4-9-15-8(2)10(18(9)5-7)11(19)16-12-13-6-14-17-12/h3-6H,1-2H3,(H2,13,14,16,17,19). The van der Waals surface area contributed by atoms with Gasteiger partial charge in [-0.1, -0.05) is 6.07 Å². The van der Waals surface area contributed by atoms with Gasteiger partial charge >= 0.3 is 0 Å². The van der Waals surface area contributed by atoms with E-state index < -0.39 is 0 Å². The summed E-state index contributed by atoms with van der Waals surface area (Å²) in [5.74, 6) is 0.0411. The van der Waals surface area contributed by atoms with Gasteiger partial charge in [-0.05, 0) is 25.5 Å². The van der Waals surface area contributed by atoms with Gasteiger partial charge in [0, 0.05) is 6.20 Å². The summed E-state index contributed by atoms with van der Waals surface area (Å²) >= 11 is 0. The summed E-state index contributed by atoms with van der Waals surface area (Å²) in [5, 5.41) is 8.92. The molecule has 3 aromatic heterocycles. The maximum atomic E-state index is 12.3. The molecule has 2 N–H and O–H groups in total. The number of hydrogen-bond donors (Lipinski definition) is 2. The van der Waals surface area contributed by atoms with Crippen molar-refractivity contribution >= 4 is 17.5 Å². The SMILES string of the molecule is Cc1ccc2nc(C)c(C(=O)Nc3ncn[nH]3)n2c1. The van der Waals surface area contributed by atoms with Crippen molar-refractivity contribution in [2.24, 2.45) is 0 Å². The van der Waals surface area contributed by atoms with E-state index in [0.29, 0.717) is 17.3 Å². The Morgan fingerprint density at radius 1 is 1.37 bits per heavy atom. The molecule has 0 unspecified atom stereocenters.